The van der Waals surface area contributed by atoms with Crippen molar-refractivity contribution >= 4 is 35.5 Å². The Hall–Kier alpha value is -4.29. The van der Waals surface area contributed by atoms with Gasteiger partial charge in [0, 0.05) is 0 Å². The predicted octanol–water partition coefficient (Wildman–Crippen LogP) is 3.99. The molecule has 3 N–H and O–H groups in total. The number of carbonyl (C=O) groups is 3. The number of primary amides is 1. The standard InChI is InChI=1S/C30H36N6O5S/c1-7-20-21(13-31)26(35-27(22(20)14-32)42-24(25(33)37)18-11-9-8-10-12-18)36-15-19(16-36)40-28(38)23(17(2)3)34-29(39)41-30(4,5)6/h8-12,17,19,23-24H,7,15-16H2,1-6H3,(H2,33,37)(H,34,39)/t23-,24-/m0/s1. The molecule has 2 aromatic rings. The Balaban J connectivity index is 1.83. The minimum atomic E-state index is -0.907. The average molecular weight is 593 g/mol. The van der Waals surface area contributed by atoms with Crippen molar-refractivity contribution in [2.45, 2.75) is 76.0 Å². The van der Waals surface area contributed by atoms with E-state index in [9.17, 15) is 24.9 Å². The molecule has 0 aliphatic carbocycles. The summed E-state index contributed by atoms with van der Waals surface area (Å²) in [5.74, 6) is -1.09. The van der Waals surface area contributed by atoms with Crippen LogP contribution in [0.5, 0.6) is 0 Å². The summed E-state index contributed by atoms with van der Waals surface area (Å²) < 4.78 is 10.9. The Labute approximate surface area is 250 Å². The molecule has 1 aliphatic heterocycles. The Morgan fingerprint density at radius 3 is 2.26 bits per heavy atom. The third kappa shape index (κ3) is 7.71. The average Bonchev–Trinajstić information content (AvgIpc) is 2.90. The highest BCUT2D eigenvalue weighted by Gasteiger charge is 2.37. The van der Waals surface area contributed by atoms with E-state index in [0.29, 0.717) is 23.4 Å². The molecule has 1 saturated heterocycles. The number of hydrogen-bond donors (Lipinski definition) is 2. The van der Waals surface area contributed by atoms with Crippen LogP contribution in [0, 0.1) is 28.6 Å². The lowest BCUT2D eigenvalue weighted by atomic mass is 10.0. The predicted molar refractivity (Wildman–Crippen MR) is 157 cm³/mol. The summed E-state index contributed by atoms with van der Waals surface area (Å²) in [5, 5.41) is 22.1. The lowest BCUT2D eigenvalue weighted by Gasteiger charge is -2.40. The van der Waals surface area contributed by atoms with Crippen LogP contribution in [0.3, 0.4) is 0 Å². The highest BCUT2D eigenvalue weighted by atomic mass is 32.2. The zero-order valence-electron chi connectivity index (χ0n) is 24.6. The van der Waals surface area contributed by atoms with Crippen LogP contribution in [0.2, 0.25) is 0 Å². The largest absolute Gasteiger partial charge is 0.457 e. The molecule has 3 rings (SSSR count). The molecule has 12 heteroatoms. The molecular weight excluding hydrogens is 556 g/mol. The second-order valence-electron chi connectivity index (χ2n) is 11.2. The smallest absolute Gasteiger partial charge is 0.408 e. The quantitative estimate of drug-likeness (QED) is 0.304. The van der Waals surface area contributed by atoms with Crippen molar-refractivity contribution in [2.24, 2.45) is 11.7 Å². The maximum atomic E-state index is 13.0. The van der Waals surface area contributed by atoms with Crippen molar-refractivity contribution in [3.05, 3.63) is 52.6 Å². The molecule has 0 spiro atoms. The fourth-order valence-corrected chi connectivity index (χ4v) is 5.44. The van der Waals surface area contributed by atoms with E-state index in [0.717, 1.165) is 11.8 Å². The molecule has 2 amide bonds. The van der Waals surface area contributed by atoms with Crippen LogP contribution < -0.4 is 16.0 Å². The van der Waals surface area contributed by atoms with Gasteiger partial charge in [0.2, 0.25) is 5.91 Å². The van der Waals surface area contributed by atoms with Crippen molar-refractivity contribution in [2.75, 3.05) is 18.0 Å². The molecule has 42 heavy (non-hydrogen) atoms. The number of ether oxygens (including phenoxy) is 2. The number of carbonyl (C=O) groups excluding carboxylic acids is 3. The van der Waals surface area contributed by atoms with Crippen LogP contribution in [0.15, 0.2) is 35.4 Å². The first-order chi connectivity index (χ1) is 19.8. The summed E-state index contributed by atoms with van der Waals surface area (Å²) in [6.07, 6.45) is -0.831. The minimum Gasteiger partial charge on any atom is -0.457 e. The Kier molecular flexibility index (Phi) is 10.4. The van der Waals surface area contributed by atoms with E-state index in [1.807, 2.05) is 13.0 Å². The highest BCUT2D eigenvalue weighted by Crippen LogP contribution is 2.40. The highest BCUT2D eigenvalue weighted by molar-refractivity contribution is 8.00. The molecular formula is C30H36N6O5S. The molecule has 1 aromatic carbocycles. The molecule has 11 nitrogen and oxygen atoms in total. The van der Waals surface area contributed by atoms with E-state index in [4.69, 9.17) is 15.2 Å². The number of hydrogen-bond acceptors (Lipinski definition) is 10. The third-order valence-corrected chi connectivity index (χ3v) is 7.70. The van der Waals surface area contributed by atoms with Gasteiger partial charge in [-0.1, -0.05) is 62.9 Å². The first-order valence-electron chi connectivity index (χ1n) is 13.6. The number of pyridine rings is 1. The van der Waals surface area contributed by atoms with Crippen molar-refractivity contribution in [1.82, 2.24) is 10.3 Å². The maximum absolute atomic E-state index is 13.0. The first-order valence-corrected chi connectivity index (χ1v) is 14.5. The van der Waals surface area contributed by atoms with E-state index < -0.39 is 41.0 Å². The van der Waals surface area contributed by atoms with Gasteiger partial charge in [0.25, 0.3) is 0 Å². The molecule has 1 fully saturated rings. The van der Waals surface area contributed by atoms with Crippen molar-refractivity contribution in [3.63, 3.8) is 0 Å². The normalized spacial score (nSPS) is 14.6. The number of benzene rings is 1. The van der Waals surface area contributed by atoms with Crippen LogP contribution in [-0.4, -0.2) is 53.8 Å². The van der Waals surface area contributed by atoms with Crippen LogP contribution in [0.25, 0.3) is 0 Å². The number of alkyl carbamates (subject to hydrolysis) is 1. The van der Waals surface area contributed by atoms with E-state index >= 15 is 0 Å². The second-order valence-corrected chi connectivity index (χ2v) is 12.3. The van der Waals surface area contributed by atoms with Gasteiger partial charge in [-0.15, -0.1) is 0 Å². The molecule has 0 bridgehead atoms. The lowest BCUT2D eigenvalue weighted by molar-refractivity contribution is -0.154. The lowest BCUT2D eigenvalue weighted by Crippen LogP contribution is -2.56. The number of nitrogens with two attached hydrogens (primary N) is 1. The van der Waals surface area contributed by atoms with E-state index in [1.54, 1.807) is 63.8 Å². The Bertz CT molecular complexity index is 1400. The molecule has 2 heterocycles. The van der Waals surface area contributed by atoms with Crippen LogP contribution in [-0.2, 0) is 25.5 Å². The van der Waals surface area contributed by atoms with E-state index in [2.05, 4.69) is 22.4 Å². The van der Waals surface area contributed by atoms with Crippen molar-refractivity contribution in [1.29, 1.82) is 10.5 Å². The van der Waals surface area contributed by atoms with Gasteiger partial charge in [-0.05, 0) is 44.2 Å². The van der Waals surface area contributed by atoms with Gasteiger partial charge in [0.05, 0.1) is 24.2 Å². The molecule has 0 radical (unpaired) electrons. The minimum absolute atomic E-state index is 0.224. The second kappa shape index (κ2) is 13.6. The third-order valence-electron chi connectivity index (χ3n) is 6.44. The fraction of sp³-hybridized carbons (Fsp3) is 0.467. The van der Waals surface area contributed by atoms with Gasteiger partial charge in [-0.25, -0.2) is 14.6 Å². The van der Waals surface area contributed by atoms with Gasteiger partial charge in [-0.2, -0.15) is 10.5 Å². The molecule has 0 unspecified atom stereocenters. The molecule has 0 saturated carbocycles. The van der Waals surface area contributed by atoms with Gasteiger partial charge in [0.1, 0.15) is 46.0 Å². The number of nitrogens with one attached hydrogen (secondary N) is 1. The first kappa shape index (κ1) is 32.2. The Morgan fingerprint density at radius 2 is 1.76 bits per heavy atom. The van der Waals surface area contributed by atoms with Crippen molar-refractivity contribution in [3.8, 4) is 12.1 Å². The summed E-state index contributed by atoms with van der Waals surface area (Å²) in [5.41, 5.74) is 6.67. The fourth-order valence-electron chi connectivity index (χ4n) is 4.38. The number of anilines is 1. The topological polar surface area (TPSA) is 171 Å². The molecule has 222 valence electrons. The summed E-state index contributed by atoms with van der Waals surface area (Å²) >= 11 is 1.06. The number of thioether (sulfide) groups is 1. The molecule has 1 aliphatic rings. The summed E-state index contributed by atoms with van der Waals surface area (Å²) in [7, 11) is 0. The van der Waals surface area contributed by atoms with Crippen molar-refractivity contribution < 1.29 is 23.9 Å². The number of rotatable bonds is 10. The van der Waals surface area contributed by atoms with Crippen LogP contribution >= 0.6 is 11.8 Å². The Morgan fingerprint density at radius 1 is 1.14 bits per heavy atom. The zero-order valence-corrected chi connectivity index (χ0v) is 25.4. The molecule has 1 aromatic heterocycles. The number of amides is 2. The summed E-state index contributed by atoms with van der Waals surface area (Å²) in [4.78, 5) is 44.1. The van der Waals surface area contributed by atoms with Crippen LogP contribution in [0.1, 0.15) is 69.0 Å². The number of aromatic nitrogens is 1. The van der Waals surface area contributed by atoms with E-state index in [1.165, 1.54) is 0 Å². The number of nitrogens with zero attached hydrogens (tertiary/aromatic N) is 4. The zero-order chi connectivity index (χ0) is 31.2. The SMILES string of the molecule is CCc1c(C#N)c(S[C@H](C(N)=O)c2ccccc2)nc(N2CC(OC(=O)[C@@H](NC(=O)OC(C)(C)C)C(C)C)C2)c1C#N. The van der Waals surface area contributed by atoms with Gasteiger partial charge in [-0.3, -0.25) is 4.79 Å². The van der Waals surface area contributed by atoms with Gasteiger partial charge >= 0.3 is 12.1 Å². The monoisotopic (exact) mass is 592 g/mol. The van der Waals surface area contributed by atoms with Gasteiger partial charge < -0.3 is 25.4 Å². The summed E-state index contributed by atoms with van der Waals surface area (Å²) in [6, 6.07) is 12.4. The number of nitriles is 2. The molecule has 2 atom stereocenters. The van der Waals surface area contributed by atoms with E-state index in [-0.39, 0.29) is 35.2 Å². The maximum Gasteiger partial charge on any atom is 0.408 e. The summed E-state index contributed by atoms with van der Waals surface area (Å²) in [6.45, 7) is 11.1. The van der Waals surface area contributed by atoms with Gasteiger partial charge in [0.15, 0.2) is 0 Å². The number of esters is 1. The van der Waals surface area contributed by atoms with Crippen LogP contribution in [0.4, 0.5) is 10.6 Å².